The van der Waals surface area contributed by atoms with Crippen LogP contribution in [-0.4, -0.2) is 14.9 Å². The molecule has 76 valence electrons. The van der Waals surface area contributed by atoms with Crippen molar-refractivity contribution in [1.82, 2.24) is 9.97 Å². The third-order valence-electron chi connectivity index (χ3n) is 1.99. The Morgan fingerprint density at radius 1 is 1.33 bits per heavy atom. The minimum Gasteiger partial charge on any atom is -0.399 e. The molecule has 0 aliphatic carbocycles. The third-order valence-corrected chi connectivity index (χ3v) is 1.99. The fourth-order valence-corrected chi connectivity index (χ4v) is 1.28. The van der Waals surface area contributed by atoms with E-state index in [1.807, 2.05) is 0 Å². The molecular formula is C9H8N4O2. The van der Waals surface area contributed by atoms with E-state index in [0.717, 1.165) is 0 Å². The lowest BCUT2D eigenvalue weighted by atomic mass is 10.1. The number of imidazole rings is 1. The van der Waals surface area contributed by atoms with E-state index < -0.39 is 4.92 Å². The van der Waals surface area contributed by atoms with Crippen molar-refractivity contribution >= 4 is 11.5 Å². The van der Waals surface area contributed by atoms with Crippen molar-refractivity contribution in [2.24, 2.45) is 0 Å². The number of nitrogens with zero attached hydrogens (tertiary/aromatic N) is 2. The predicted molar refractivity (Wildman–Crippen MR) is 55.1 cm³/mol. The van der Waals surface area contributed by atoms with E-state index in [2.05, 4.69) is 9.97 Å². The van der Waals surface area contributed by atoms with E-state index in [0.29, 0.717) is 16.9 Å². The number of hydrogen-bond donors (Lipinski definition) is 2. The van der Waals surface area contributed by atoms with E-state index >= 15 is 0 Å². The van der Waals surface area contributed by atoms with Gasteiger partial charge in [0, 0.05) is 11.3 Å². The van der Waals surface area contributed by atoms with Gasteiger partial charge in [0.05, 0.1) is 0 Å². The molecule has 0 fully saturated rings. The Morgan fingerprint density at radius 2 is 2.00 bits per heavy atom. The minimum atomic E-state index is -0.501. The van der Waals surface area contributed by atoms with E-state index in [-0.39, 0.29) is 5.82 Å². The van der Waals surface area contributed by atoms with E-state index in [4.69, 9.17) is 5.73 Å². The van der Waals surface area contributed by atoms with Gasteiger partial charge in [-0.1, -0.05) is 12.1 Å². The fraction of sp³-hybridized carbons (Fsp3) is 0. The molecule has 0 spiro atoms. The molecular weight excluding hydrogens is 196 g/mol. The molecule has 6 nitrogen and oxygen atoms in total. The van der Waals surface area contributed by atoms with Gasteiger partial charge in [-0.3, -0.25) is 0 Å². The van der Waals surface area contributed by atoms with Gasteiger partial charge in [0.2, 0.25) is 0 Å². The second-order valence-corrected chi connectivity index (χ2v) is 2.98. The molecule has 3 N–H and O–H groups in total. The molecule has 0 aliphatic rings. The molecule has 0 saturated heterocycles. The summed E-state index contributed by atoms with van der Waals surface area (Å²) in [5.41, 5.74) is 7.11. The van der Waals surface area contributed by atoms with Crippen LogP contribution in [0.15, 0.2) is 30.6 Å². The molecule has 0 atom stereocenters. The Hall–Kier alpha value is -2.37. The number of aromatic nitrogens is 2. The average Bonchev–Trinajstić information content (AvgIpc) is 2.67. The first-order valence-electron chi connectivity index (χ1n) is 4.22. The number of H-pyrrole nitrogens is 1. The Morgan fingerprint density at radius 3 is 2.60 bits per heavy atom. The second kappa shape index (κ2) is 3.41. The molecule has 0 radical (unpaired) electrons. The molecule has 0 aliphatic heterocycles. The summed E-state index contributed by atoms with van der Waals surface area (Å²) in [4.78, 5) is 16.5. The molecule has 2 aromatic rings. The van der Waals surface area contributed by atoms with Crippen LogP contribution < -0.4 is 5.73 Å². The number of nitrogen functional groups attached to an aromatic ring is 1. The van der Waals surface area contributed by atoms with Crippen molar-refractivity contribution in [3.05, 3.63) is 40.7 Å². The molecule has 2 rings (SSSR count). The van der Waals surface area contributed by atoms with Crippen LogP contribution in [0.5, 0.6) is 0 Å². The minimum absolute atomic E-state index is 0.111. The van der Waals surface area contributed by atoms with Crippen molar-refractivity contribution < 1.29 is 4.92 Å². The van der Waals surface area contributed by atoms with Gasteiger partial charge in [-0.15, -0.1) is 0 Å². The van der Waals surface area contributed by atoms with Crippen LogP contribution in [0.3, 0.4) is 0 Å². The lowest BCUT2D eigenvalue weighted by Gasteiger charge is -1.98. The van der Waals surface area contributed by atoms with Crippen LogP contribution in [-0.2, 0) is 0 Å². The highest BCUT2D eigenvalue weighted by molar-refractivity contribution is 5.68. The van der Waals surface area contributed by atoms with E-state index in [9.17, 15) is 10.1 Å². The van der Waals surface area contributed by atoms with Crippen LogP contribution >= 0.6 is 0 Å². The van der Waals surface area contributed by atoms with E-state index in [1.165, 1.54) is 6.33 Å². The summed E-state index contributed by atoms with van der Waals surface area (Å²) >= 11 is 0. The summed E-state index contributed by atoms with van der Waals surface area (Å²) in [5, 5.41) is 10.6. The molecule has 0 bridgehead atoms. The number of rotatable bonds is 2. The Balaban J connectivity index is 2.49. The van der Waals surface area contributed by atoms with Crippen LogP contribution in [0.4, 0.5) is 11.5 Å². The largest absolute Gasteiger partial charge is 0.399 e. The highest BCUT2D eigenvalue weighted by atomic mass is 16.6. The molecule has 1 aromatic heterocycles. The van der Waals surface area contributed by atoms with Crippen molar-refractivity contribution in [2.75, 3.05) is 5.73 Å². The first kappa shape index (κ1) is 9.20. The Kier molecular flexibility index (Phi) is 2.09. The Bertz CT molecular complexity index is 489. The lowest BCUT2D eigenvalue weighted by Crippen LogP contribution is -1.91. The molecule has 0 saturated carbocycles. The van der Waals surface area contributed by atoms with Crippen molar-refractivity contribution in [1.29, 1.82) is 0 Å². The van der Waals surface area contributed by atoms with Crippen LogP contribution in [0.2, 0.25) is 0 Å². The van der Waals surface area contributed by atoms with E-state index in [1.54, 1.807) is 24.3 Å². The first-order chi connectivity index (χ1) is 7.18. The molecule has 0 unspecified atom stereocenters. The standard InChI is InChI=1S/C9H8N4O2/c10-7-3-1-6(2-4-7)8-9(13(14)15)12-5-11-8/h1-5H,10H2,(H,11,12). The van der Waals surface area contributed by atoms with Crippen LogP contribution in [0.1, 0.15) is 0 Å². The molecule has 1 heterocycles. The SMILES string of the molecule is Nc1ccc(-c2nc[nH]c2[N+](=O)[O-])cc1. The summed E-state index contributed by atoms with van der Waals surface area (Å²) in [6, 6.07) is 6.73. The topological polar surface area (TPSA) is 97.8 Å². The first-order valence-corrected chi connectivity index (χ1v) is 4.22. The molecule has 1 aromatic carbocycles. The number of aromatic amines is 1. The number of nitrogens with one attached hydrogen (secondary N) is 1. The van der Waals surface area contributed by atoms with Gasteiger partial charge in [-0.2, -0.15) is 0 Å². The highest BCUT2D eigenvalue weighted by Crippen LogP contribution is 2.26. The maximum Gasteiger partial charge on any atom is 0.348 e. The van der Waals surface area contributed by atoms with Gasteiger partial charge in [-0.25, -0.2) is 9.97 Å². The number of hydrogen-bond acceptors (Lipinski definition) is 4. The molecule has 0 amide bonds. The smallest absolute Gasteiger partial charge is 0.348 e. The quantitative estimate of drug-likeness (QED) is 0.440. The molecule has 15 heavy (non-hydrogen) atoms. The van der Waals surface area contributed by atoms with Gasteiger partial charge >= 0.3 is 5.82 Å². The van der Waals surface area contributed by atoms with Gasteiger partial charge in [0.25, 0.3) is 0 Å². The maximum atomic E-state index is 10.6. The van der Waals surface area contributed by atoms with Crippen molar-refractivity contribution in [2.45, 2.75) is 0 Å². The number of benzene rings is 1. The monoisotopic (exact) mass is 204 g/mol. The maximum absolute atomic E-state index is 10.6. The van der Waals surface area contributed by atoms with Crippen LogP contribution in [0.25, 0.3) is 11.3 Å². The zero-order valence-corrected chi connectivity index (χ0v) is 7.68. The zero-order chi connectivity index (χ0) is 10.8. The van der Waals surface area contributed by atoms with Gasteiger partial charge in [-0.05, 0) is 17.1 Å². The predicted octanol–water partition coefficient (Wildman–Crippen LogP) is 1.57. The second-order valence-electron chi connectivity index (χ2n) is 2.98. The summed E-state index contributed by atoms with van der Waals surface area (Å²) in [6.07, 6.45) is 1.30. The number of nitro groups is 1. The average molecular weight is 204 g/mol. The highest BCUT2D eigenvalue weighted by Gasteiger charge is 2.16. The van der Waals surface area contributed by atoms with Crippen molar-refractivity contribution in [3.8, 4) is 11.3 Å². The molecule has 6 heteroatoms. The summed E-state index contributed by atoms with van der Waals surface area (Å²) in [5.74, 6) is -0.111. The van der Waals surface area contributed by atoms with Gasteiger partial charge in [0.1, 0.15) is 0 Å². The van der Waals surface area contributed by atoms with Gasteiger partial charge in [0.15, 0.2) is 12.0 Å². The van der Waals surface area contributed by atoms with Crippen LogP contribution in [0, 0.1) is 10.1 Å². The third kappa shape index (κ3) is 1.64. The fourth-order valence-electron chi connectivity index (χ4n) is 1.28. The summed E-state index contributed by atoms with van der Waals surface area (Å²) < 4.78 is 0. The zero-order valence-electron chi connectivity index (χ0n) is 7.68. The Labute approximate surface area is 84.9 Å². The lowest BCUT2D eigenvalue weighted by molar-refractivity contribution is -0.388. The normalized spacial score (nSPS) is 10.1. The van der Waals surface area contributed by atoms with Crippen molar-refractivity contribution in [3.63, 3.8) is 0 Å². The number of nitrogens with two attached hydrogens (primary N) is 1. The summed E-state index contributed by atoms with van der Waals surface area (Å²) in [7, 11) is 0. The summed E-state index contributed by atoms with van der Waals surface area (Å²) in [6.45, 7) is 0. The number of anilines is 1. The van der Waals surface area contributed by atoms with Gasteiger partial charge < -0.3 is 15.8 Å².